The van der Waals surface area contributed by atoms with Gasteiger partial charge in [-0.05, 0) is 54.0 Å². The van der Waals surface area contributed by atoms with Crippen molar-refractivity contribution in [3.8, 4) is 0 Å². The molecule has 0 aromatic heterocycles. The minimum absolute atomic E-state index is 0.416. The van der Waals surface area contributed by atoms with Crippen LogP contribution in [0, 0.1) is 0 Å². The number of halogens is 1. The Morgan fingerprint density at radius 3 is 2.74 bits per heavy atom. The van der Waals surface area contributed by atoms with E-state index in [2.05, 4.69) is 45.8 Å². The number of hydrogen-bond donors (Lipinski definition) is 1. The van der Waals surface area contributed by atoms with E-state index in [0.29, 0.717) is 6.04 Å². The smallest absolute Gasteiger partial charge is 0.0762 e. The topological polar surface area (TPSA) is 26.7 Å². The summed E-state index contributed by atoms with van der Waals surface area (Å²) in [6.07, 6.45) is 0.761. The van der Waals surface area contributed by atoms with Crippen molar-refractivity contribution in [2.45, 2.75) is 32.4 Å². The van der Waals surface area contributed by atoms with E-state index in [9.17, 15) is 5.11 Å². The monoisotopic (exact) mass is 326 g/mol. The molecule has 2 unspecified atom stereocenters. The summed E-state index contributed by atoms with van der Waals surface area (Å²) >= 11 is 3.64. The van der Waals surface area contributed by atoms with Crippen LogP contribution in [0.5, 0.6) is 0 Å². The highest BCUT2D eigenvalue weighted by Crippen LogP contribution is 2.31. The first-order chi connectivity index (χ1) is 9.02. The first kappa shape index (κ1) is 14.8. The number of benzene rings is 1. The number of anilines is 1. The molecule has 3 nitrogen and oxygen atoms in total. The Morgan fingerprint density at radius 1 is 1.42 bits per heavy atom. The number of aliphatic hydroxyl groups is 1. The first-order valence-corrected chi connectivity index (χ1v) is 7.75. The number of rotatable bonds is 3. The molecule has 0 saturated carbocycles. The minimum atomic E-state index is -0.416. The van der Waals surface area contributed by atoms with Crippen molar-refractivity contribution >= 4 is 21.6 Å². The molecule has 2 atom stereocenters. The van der Waals surface area contributed by atoms with Gasteiger partial charge in [0.25, 0.3) is 0 Å². The average Bonchev–Trinajstić information content (AvgIpc) is 2.39. The van der Waals surface area contributed by atoms with Crippen LogP contribution in [0.15, 0.2) is 22.7 Å². The lowest BCUT2D eigenvalue weighted by Gasteiger charge is -2.40. The highest BCUT2D eigenvalue weighted by Gasteiger charge is 2.24. The molecule has 1 aliphatic rings. The number of hydrogen-bond acceptors (Lipinski definition) is 3. The Bertz CT molecular complexity index is 436. The highest BCUT2D eigenvalue weighted by atomic mass is 79.9. The van der Waals surface area contributed by atoms with Gasteiger partial charge in [0.15, 0.2) is 0 Å². The molecule has 106 valence electrons. The molecule has 1 aliphatic heterocycles. The Morgan fingerprint density at radius 2 is 2.16 bits per heavy atom. The van der Waals surface area contributed by atoms with Gasteiger partial charge in [-0.1, -0.05) is 13.0 Å². The van der Waals surface area contributed by atoms with Gasteiger partial charge in [0, 0.05) is 30.1 Å². The van der Waals surface area contributed by atoms with E-state index < -0.39 is 6.10 Å². The molecular formula is C15H23BrN2O. The molecule has 0 bridgehead atoms. The molecule has 1 aromatic carbocycles. The number of nitrogens with zero attached hydrogens (tertiary/aromatic N) is 2. The summed E-state index contributed by atoms with van der Waals surface area (Å²) in [5.74, 6) is 0. The maximum atomic E-state index is 9.62. The van der Waals surface area contributed by atoms with E-state index in [1.165, 1.54) is 12.1 Å². The predicted octanol–water partition coefficient (Wildman–Crippen LogP) is 3.03. The van der Waals surface area contributed by atoms with Gasteiger partial charge in [-0.3, -0.25) is 4.90 Å². The maximum absolute atomic E-state index is 9.62. The summed E-state index contributed by atoms with van der Waals surface area (Å²) < 4.78 is 1.07. The number of piperazine rings is 1. The largest absolute Gasteiger partial charge is 0.389 e. The molecule has 0 amide bonds. The lowest BCUT2D eigenvalue weighted by molar-refractivity contribution is 0.199. The van der Waals surface area contributed by atoms with E-state index >= 15 is 0 Å². The van der Waals surface area contributed by atoms with E-state index in [4.69, 9.17) is 0 Å². The van der Waals surface area contributed by atoms with E-state index in [1.807, 2.05) is 12.1 Å². The van der Waals surface area contributed by atoms with Crippen LogP contribution in [0.1, 0.15) is 31.9 Å². The second kappa shape index (κ2) is 6.25. The molecule has 2 rings (SSSR count). The lowest BCUT2D eigenvalue weighted by Crippen LogP contribution is -2.51. The Labute approximate surface area is 124 Å². The van der Waals surface area contributed by atoms with Crippen LogP contribution < -0.4 is 4.90 Å². The Hall–Kier alpha value is -0.580. The second-order valence-corrected chi connectivity index (χ2v) is 6.23. The van der Waals surface area contributed by atoms with Gasteiger partial charge in [0.1, 0.15) is 0 Å². The van der Waals surface area contributed by atoms with Crippen LogP contribution in [0.4, 0.5) is 5.69 Å². The van der Waals surface area contributed by atoms with Crippen molar-refractivity contribution < 1.29 is 5.11 Å². The lowest BCUT2D eigenvalue weighted by atomic mass is 10.1. The summed E-state index contributed by atoms with van der Waals surface area (Å²) in [4.78, 5) is 4.87. The number of likely N-dealkylation sites (N-methyl/N-ethyl adjacent to an activating group) is 1. The van der Waals surface area contributed by atoms with Gasteiger partial charge in [0.05, 0.1) is 11.8 Å². The second-order valence-electron chi connectivity index (χ2n) is 5.38. The standard InChI is InChI=1S/C15H23BrN2O/c1-4-13-10-18(8-7-17(13)3)15-6-5-12(11(2)19)9-14(15)16/h5-6,9,11,13,19H,4,7-8,10H2,1-3H3. The first-order valence-electron chi connectivity index (χ1n) is 6.95. The Kier molecular flexibility index (Phi) is 4.87. The molecule has 1 N–H and O–H groups in total. The third-order valence-corrected chi connectivity index (χ3v) is 4.68. The summed E-state index contributed by atoms with van der Waals surface area (Å²) in [6.45, 7) is 7.27. The fourth-order valence-electron chi connectivity index (χ4n) is 2.65. The molecule has 0 aliphatic carbocycles. The molecule has 1 fully saturated rings. The average molecular weight is 327 g/mol. The SMILES string of the molecule is CCC1CN(c2ccc(C(C)O)cc2Br)CCN1C. The van der Waals surface area contributed by atoms with Crippen LogP contribution in [-0.4, -0.2) is 42.7 Å². The van der Waals surface area contributed by atoms with Crippen LogP contribution in [0.3, 0.4) is 0 Å². The molecule has 1 aromatic rings. The quantitative estimate of drug-likeness (QED) is 0.924. The maximum Gasteiger partial charge on any atom is 0.0762 e. The molecule has 0 spiro atoms. The fraction of sp³-hybridized carbons (Fsp3) is 0.600. The van der Waals surface area contributed by atoms with Gasteiger partial charge >= 0.3 is 0 Å². The summed E-state index contributed by atoms with van der Waals surface area (Å²) in [5, 5.41) is 9.62. The molecule has 1 saturated heterocycles. The van der Waals surface area contributed by atoms with Gasteiger partial charge in [-0.2, -0.15) is 0 Å². The van der Waals surface area contributed by atoms with Crippen molar-refractivity contribution in [3.05, 3.63) is 28.2 Å². The summed E-state index contributed by atoms with van der Waals surface area (Å²) in [7, 11) is 2.21. The number of aliphatic hydroxyl groups excluding tert-OH is 1. The van der Waals surface area contributed by atoms with E-state index in [-0.39, 0.29) is 0 Å². The van der Waals surface area contributed by atoms with Crippen LogP contribution >= 0.6 is 15.9 Å². The predicted molar refractivity (Wildman–Crippen MR) is 83.7 cm³/mol. The summed E-state index contributed by atoms with van der Waals surface area (Å²) in [5.41, 5.74) is 2.19. The van der Waals surface area contributed by atoms with Crippen molar-refractivity contribution in [2.75, 3.05) is 31.6 Å². The Balaban J connectivity index is 2.18. The van der Waals surface area contributed by atoms with Crippen LogP contribution in [-0.2, 0) is 0 Å². The van der Waals surface area contributed by atoms with Gasteiger partial charge in [-0.25, -0.2) is 0 Å². The van der Waals surface area contributed by atoms with E-state index in [0.717, 1.165) is 29.7 Å². The fourth-order valence-corrected chi connectivity index (χ4v) is 3.29. The highest BCUT2D eigenvalue weighted by molar-refractivity contribution is 9.10. The van der Waals surface area contributed by atoms with Crippen LogP contribution in [0.25, 0.3) is 0 Å². The van der Waals surface area contributed by atoms with Crippen molar-refractivity contribution in [1.29, 1.82) is 0 Å². The van der Waals surface area contributed by atoms with Gasteiger partial charge < -0.3 is 10.0 Å². The molecule has 4 heteroatoms. The third-order valence-electron chi connectivity index (χ3n) is 4.04. The molecule has 19 heavy (non-hydrogen) atoms. The normalized spacial score (nSPS) is 22.6. The molecule has 1 heterocycles. The minimum Gasteiger partial charge on any atom is -0.389 e. The van der Waals surface area contributed by atoms with E-state index in [1.54, 1.807) is 6.92 Å². The summed E-state index contributed by atoms with van der Waals surface area (Å²) in [6, 6.07) is 6.78. The van der Waals surface area contributed by atoms with Crippen molar-refractivity contribution in [3.63, 3.8) is 0 Å². The molecule has 0 radical (unpaired) electrons. The zero-order valence-corrected chi connectivity index (χ0v) is 13.5. The zero-order chi connectivity index (χ0) is 14.0. The van der Waals surface area contributed by atoms with Gasteiger partial charge in [-0.15, -0.1) is 0 Å². The van der Waals surface area contributed by atoms with Crippen molar-refractivity contribution in [2.24, 2.45) is 0 Å². The third kappa shape index (κ3) is 3.30. The van der Waals surface area contributed by atoms with Crippen molar-refractivity contribution in [1.82, 2.24) is 4.90 Å². The van der Waals surface area contributed by atoms with Crippen LogP contribution in [0.2, 0.25) is 0 Å². The molecular weight excluding hydrogens is 304 g/mol. The van der Waals surface area contributed by atoms with Gasteiger partial charge in [0.2, 0.25) is 0 Å². The zero-order valence-electron chi connectivity index (χ0n) is 11.9.